The van der Waals surface area contributed by atoms with Crippen LogP contribution in [-0.2, 0) is 16.0 Å². The predicted molar refractivity (Wildman–Crippen MR) is 111 cm³/mol. The number of carboxylic acid groups (broad SMARTS) is 1. The van der Waals surface area contributed by atoms with Gasteiger partial charge in [-0.15, -0.1) is 0 Å². The summed E-state index contributed by atoms with van der Waals surface area (Å²) < 4.78 is 5.35. The van der Waals surface area contributed by atoms with Gasteiger partial charge in [0.25, 0.3) is 0 Å². The minimum absolute atomic E-state index is 0.290. The number of ether oxygens (including phenoxy) is 1. The van der Waals surface area contributed by atoms with Crippen LogP contribution in [-0.4, -0.2) is 28.8 Å². The molecule has 1 aliphatic rings. The van der Waals surface area contributed by atoms with Crippen molar-refractivity contribution in [3.63, 3.8) is 0 Å². The van der Waals surface area contributed by atoms with Gasteiger partial charge in [0.2, 0.25) is 0 Å². The first kappa shape index (κ1) is 22.3. The zero-order chi connectivity index (χ0) is 20.7. The predicted octanol–water partition coefficient (Wildman–Crippen LogP) is 5.28. The summed E-state index contributed by atoms with van der Waals surface area (Å²) in [6.45, 7) is 7.10. The van der Waals surface area contributed by atoms with E-state index < -0.39 is 23.6 Å². The number of carboxylic acids is 1. The Morgan fingerprint density at radius 2 is 1.75 bits per heavy atom. The van der Waals surface area contributed by atoms with Crippen molar-refractivity contribution in [2.45, 2.75) is 90.2 Å². The molecular formula is C23H35NO4. The Kier molecular flexibility index (Phi) is 7.90. The molecule has 1 aliphatic carbocycles. The number of alkyl carbamates (subject to hydrolysis) is 1. The molecule has 1 amide bonds. The number of hydrogen-bond donors (Lipinski definition) is 2. The molecule has 1 aromatic rings. The third-order valence-electron chi connectivity index (χ3n) is 5.32. The minimum Gasteiger partial charge on any atom is -0.481 e. The van der Waals surface area contributed by atoms with Crippen molar-refractivity contribution in [1.82, 2.24) is 5.32 Å². The Morgan fingerprint density at radius 3 is 2.29 bits per heavy atom. The van der Waals surface area contributed by atoms with Crippen LogP contribution in [0.3, 0.4) is 0 Å². The average molecular weight is 390 g/mol. The van der Waals surface area contributed by atoms with Crippen molar-refractivity contribution < 1.29 is 19.4 Å². The van der Waals surface area contributed by atoms with E-state index in [1.807, 2.05) is 20.8 Å². The number of benzene rings is 1. The molecule has 0 unspecified atom stereocenters. The number of amides is 1. The van der Waals surface area contributed by atoms with Gasteiger partial charge in [-0.3, -0.25) is 4.79 Å². The number of carbonyl (C=O) groups is 2. The molecule has 1 aromatic carbocycles. The summed E-state index contributed by atoms with van der Waals surface area (Å²) in [5, 5.41) is 12.1. The maximum absolute atomic E-state index is 12.2. The molecule has 0 heterocycles. The number of hydrogen-bond acceptors (Lipinski definition) is 3. The maximum atomic E-state index is 12.2. The smallest absolute Gasteiger partial charge is 0.407 e. The third kappa shape index (κ3) is 7.53. The SMILES string of the molecule is C[C@H](C[C@@H](Cc1ccc(C2CCCCC2)cc1)NC(=O)OC(C)(C)C)C(=O)O. The van der Waals surface area contributed by atoms with E-state index in [1.165, 1.54) is 37.7 Å². The van der Waals surface area contributed by atoms with Crippen LogP contribution in [0, 0.1) is 5.92 Å². The monoisotopic (exact) mass is 389 g/mol. The van der Waals surface area contributed by atoms with Gasteiger partial charge in [-0.05, 0) is 63.5 Å². The number of aliphatic carboxylic acids is 1. The zero-order valence-corrected chi connectivity index (χ0v) is 17.7. The summed E-state index contributed by atoms with van der Waals surface area (Å²) >= 11 is 0. The molecule has 156 valence electrons. The molecule has 1 saturated carbocycles. The van der Waals surface area contributed by atoms with Crippen molar-refractivity contribution in [2.75, 3.05) is 0 Å². The first-order valence-corrected chi connectivity index (χ1v) is 10.4. The van der Waals surface area contributed by atoms with E-state index in [1.54, 1.807) is 6.92 Å². The number of carbonyl (C=O) groups excluding carboxylic acids is 1. The van der Waals surface area contributed by atoms with Crippen molar-refractivity contribution in [3.05, 3.63) is 35.4 Å². The highest BCUT2D eigenvalue weighted by Gasteiger charge is 2.24. The lowest BCUT2D eigenvalue weighted by molar-refractivity contribution is -0.141. The zero-order valence-electron chi connectivity index (χ0n) is 17.7. The van der Waals surface area contributed by atoms with Crippen LogP contribution in [0.15, 0.2) is 24.3 Å². The Bertz CT molecular complexity index is 642. The lowest BCUT2D eigenvalue weighted by Crippen LogP contribution is -2.41. The van der Waals surface area contributed by atoms with Gasteiger partial charge in [-0.2, -0.15) is 0 Å². The van der Waals surface area contributed by atoms with Gasteiger partial charge in [0, 0.05) is 6.04 Å². The van der Waals surface area contributed by atoms with Crippen LogP contribution < -0.4 is 5.32 Å². The Labute approximate surface area is 168 Å². The van der Waals surface area contributed by atoms with Gasteiger partial charge in [0.1, 0.15) is 5.60 Å². The van der Waals surface area contributed by atoms with Crippen LogP contribution >= 0.6 is 0 Å². The fourth-order valence-corrected chi connectivity index (χ4v) is 3.84. The summed E-state index contributed by atoms with van der Waals surface area (Å²) in [5.41, 5.74) is 1.89. The molecular weight excluding hydrogens is 354 g/mol. The van der Waals surface area contributed by atoms with Crippen molar-refractivity contribution in [1.29, 1.82) is 0 Å². The molecule has 0 saturated heterocycles. The Hall–Kier alpha value is -2.04. The van der Waals surface area contributed by atoms with E-state index in [0.717, 1.165) is 5.56 Å². The molecule has 5 heteroatoms. The molecule has 0 radical (unpaired) electrons. The largest absolute Gasteiger partial charge is 0.481 e. The molecule has 1 fully saturated rings. The molecule has 2 N–H and O–H groups in total. The van der Waals surface area contributed by atoms with Crippen LogP contribution in [0.5, 0.6) is 0 Å². The highest BCUT2D eigenvalue weighted by molar-refractivity contribution is 5.70. The summed E-state index contributed by atoms with van der Waals surface area (Å²) in [6, 6.07) is 8.31. The molecule has 5 nitrogen and oxygen atoms in total. The van der Waals surface area contributed by atoms with Crippen LogP contribution in [0.4, 0.5) is 4.79 Å². The lowest BCUT2D eigenvalue weighted by atomic mass is 9.83. The second-order valence-corrected chi connectivity index (χ2v) is 9.10. The highest BCUT2D eigenvalue weighted by atomic mass is 16.6. The first-order valence-electron chi connectivity index (χ1n) is 10.4. The van der Waals surface area contributed by atoms with E-state index in [9.17, 15) is 14.7 Å². The molecule has 0 aliphatic heterocycles. The van der Waals surface area contributed by atoms with Crippen LogP contribution in [0.1, 0.15) is 83.3 Å². The van der Waals surface area contributed by atoms with Gasteiger partial charge in [-0.1, -0.05) is 50.5 Å². The molecule has 28 heavy (non-hydrogen) atoms. The molecule has 0 spiro atoms. The van der Waals surface area contributed by atoms with Crippen molar-refractivity contribution in [3.8, 4) is 0 Å². The quantitative estimate of drug-likeness (QED) is 0.665. The summed E-state index contributed by atoms with van der Waals surface area (Å²) in [4.78, 5) is 23.5. The second kappa shape index (κ2) is 9.94. The molecule has 2 atom stereocenters. The van der Waals surface area contributed by atoms with Crippen molar-refractivity contribution >= 4 is 12.1 Å². The minimum atomic E-state index is -0.858. The van der Waals surface area contributed by atoms with Crippen LogP contribution in [0.2, 0.25) is 0 Å². The summed E-state index contributed by atoms with van der Waals surface area (Å²) in [6.07, 6.45) is 6.92. The van der Waals surface area contributed by atoms with Gasteiger partial charge in [0.15, 0.2) is 0 Å². The lowest BCUT2D eigenvalue weighted by Gasteiger charge is -2.25. The van der Waals surface area contributed by atoms with E-state index in [0.29, 0.717) is 18.8 Å². The van der Waals surface area contributed by atoms with Gasteiger partial charge >= 0.3 is 12.1 Å². The molecule has 0 aromatic heterocycles. The Morgan fingerprint density at radius 1 is 1.14 bits per heavy atom. The van der Waals surface area contributed by atoms with E-state index in [-0.39, 0.29) is 6.04 Å². The standard InChI is InChI=1S/C23H35NO4/c1-16(21(25)26)14-20(24-22(27)28-23(2,3)4)15-17-10-12-19(13-11-17)18-8-6-5-7-9-18/h10-13,16,18,20H,5-9,14-15H2,1-4H3,(H,24,27)(H,25,26)/t16-,20+/m1/s1. The average Bonchev–Trinajstić information content (AvgIpc) is 2.61. The van der Waals surface area contributed by atoms with E-state index >= 15 is 0 Å². The van der Waals surface area contributed by atoms with E-state index in [2.05, 4.69) is 29.6 Å². The topological polar surface area (TPSA) is 75.6 Å². The third-order valence-corrected chi connectivity index (χ3v) is 5.32. The fourth-order valence-electron chi connectivity index (χ4n) is 3.84. The Balaban J connectivity index is 2.03. The summed E-state index contributed by atoms with van der Waals surface area (Å²) in [5.74, 6) is -0.740. The summed E-state index contributed by atoms with van der Waals surface area (Å²) in [7, 11) is 0. The first-order chi connectivity index (χ1) is 13.1. The van der Waals surface area contributed by atoms with Gasteiger partial charge < -0.3 is 15.2 Å². The molecule has 2 rings (SSSR count). The highest BCUT2D eigenvalue weighted by Crippen LogP contribution is 2.32. The maximum Gasteiger partial charge on any atom is 0.407 e. The van der Waals surface area contributed by atoms with Gasteiger partial charge in [-0.25, -0.2) is 4.79 Å². The van der Waals surface area contributed by atoms with E-state index in [4.69, 9.17) is 4.74 Å². The second-order valence-electron chi connectivity index (χ2n) is 9.10. The van der Waals surface area contributed by atoms with Crippen LogP contribution in [0.25, 0.3) is 0 Å². The number of rotatable bonds is 7. The number of nitrogens with one attached hydrogen (secondary N) is 1. The fraction of sp³-hybridized carbons (Fsp3) is 0.652. The van der Waals surface area contributed by atoms with Crippen molar-refractivity contribution in [2.24, 2.45) is 5.92 Å². The normalized spacial score (nSPS) is 17.6. The molecule has 0 bridgehead atoms. The van der Waals surface area contributed by atoms with Gasteiger partial charge in [0.05, 0.1) is 5.92 Å².